The highest BCUT2D eigenvalue weighted by Gasteiger charge is 2.26. The largest absolute Gasteiger partial charge is 0.411 e. The molecule has 0 aliphatic rings. The molecule has 0 spiro atoms. The highest BCUT2D eigenvalue weighted by atomic mass is 32.2. The van der Waals surface area contributed by atoms with Crippen molar-refractivity contribution >= 4 is 21.2 Å². The summed E-state index contributed by atoms with van der Waals surface area (Å²) in [6.45, 7) is 2.91. The smallest absolute Gasteiger partial charge is 0.269 e. The molecule has 0 saturated heterocycles. The topological polar surface area (TPSA) is 110 Å². The summed E-state index contributed by atoms with van der Waals surface area (Å²) in [5, 5.41) is 21.5. The molecule has 1 unspecified atom stereocenters. The Labute approximate surface area is 110 Å². The van der Waals surface area contributed by atoms with Crippen LogP contribution in [-0.2, 0) is 9.84 Å². The van der Waals surface area contributed by atoms with E-state index in [2.05, 4.69) is 5.16 Å². The standard InChI is InChI=1S/C11H14N2O5S/c1-3-19(17,18)8(2)11(12-14)9-4-6-10(7-5-9)13(15)16/h4-8,14H,3H2,1-2H3. The summed E-state index contributed by atoms with van der Waals surface area (Å²) in [5.74, 6) is -0.0832. The van der Waals surface area contributed by atoms with Crippen LogP contribution in [0.5, 0.6) is 0 Å². The van der Waals surface area contributed by atoms with E-state index in [-0.39, 0.29) is 17.2 Å². The molecule has 1 atom stereocenters. The number of non-ortho nitro benzene ring substituents is 1. The molecule has 0 aromatic heterocycles. The van der Waals surface area contributed by atoms with Gasteiger partial charge >= 0.3 is 0 Å². The molecule has 104 valence electrons. The van der Waals surface area contributed by atoms with Gasteiger partial charge in [-0.2, -0.15) is 0 Å². The fourth-order valence-corrected chi connectivity index (χ4v) is 2.57. The van der Waals surface area contributed by atoms with E-state index >= 15 is 0 Å². The number of benzene rings is 1. The van der Waals surface area contributed by atoms with E-state index in [4.69, 9.17) is 5.21 Å². The van der Waals surface area contributed by atoms with Crippen molar-refractivity contribution in [3.63, 3.8) is 0 Å². The molecule has 0 radical (unpaired) electrons. The van der Waals surface area contributed by atoms with Gasteiger partial charge < -0.3 is 5.21 Å². The lowest BCUT2D eigenvalue weighted by atomic mass is 10.1. The fourth-order valence-electron chi connectivity index (χ4n) is 1.55. The predicted molar refractivity (Wildman–Crippen MR) is 70.3 cm³/mol. The number of nitro groups is 1. The second-order valence-corrected chi connectivity index (χ2v) is 6.49. The number of nitro benzene ring substituents is 1. The van der Waals surface area contributed by atoms with Gasteiger partial charge in [-0.15, -0.1) is 0 Å². The van der Waals surface area contributed by atoms with Gasteiger partial charge in [0.15, 0.2) is 9.84 Å². The average Bonchev–Trinajstić information content (AvgIpc) is 2.40. The third-order valence-corrected chi connectivity index (χ3v) is 4.91. The van der Waals surface area contributed by atoms with Crippen LogP contribution in [0.1, 0.15) is 19.4 Å². The molecule has 0 aliphatic carbocycles. The molecule has 1 N–H and O–H groups in total. The summed E-state index contributed by atoms with van der Waals surface area (Å²) in [5.41, 5.74) is 0.182. The third kappa shape index (κ3) is 3.28. The number of hydrogen-bond donors (Lipinski definition) is 1. The van der Waals surface area contributed by atoms with Gasteiger partial charge in [-0.25, -0.2) is 8.42 Å². The van der Waals surface area contributed by atoms with Gasteiger partial charge in [-0.05, 0) is 19.1 Å². The van der Waals surface area contributed by atoms with E-state index in [0.717, 1.165) is 0 Å². The SMILES string of the molecule is CCS(=O)(=O)C(C)C(=NO)c1ccc([N+](=O)[O-])cc1. The van der Waals surface area contributed by atoms with Gasteiger partial charge in [0.05, 0.1) is 4.92 Å². The van der Waals surface area contributed by atoms with Gasteiger partial charge in [0.1, 0.15) is 11.0 Å². The monoisotopic (exact) mass is 286 g/mol. The third-order valence-electron chi connectivity index (χ3n) is 2.81. The molecule has 0 saturated carbocycles. The first-order valence-electron chi connectivity index (χ1n) is 5.51. The summed E-state index contributed by atoms with van der Waals surface area (Å²) >= 11 is 0. The molecule has 0 fully saturated rings. The maximum absolute atomic E-state index is 11.7. The van der Waals surface area contributed by atoms with Crippen LogP contribution in [0, 0.1) is 10.1 Å². The lowest BCUT2D eigenvalue weighted by molar-refractivity contribution is -0.384. The minimum atomic E-state index is -3.41. The Kier molecular flexibility index (Phi) is 4.60. The predicted octanol–water partition coefficient (Wildman–Crippen LogP) is 1.60. The minimum absolute atomic E-state index is 0.0308. The zero-order valence-corrected chi connectivity index (χ0v) is 11.3. The Balaban J connectivity index is 3.16. The van der Waals surface area contributed by atoms with E-state index in [0.29, 0.717) is 5.56 Å². The van der Waals surface area contributed by atoms with Gasteiger partial charge in [0, 0.05) is 23.4 Å². The van der Waals surface area contributed by atoms with Crippen LogP contribution < -0.4 is 0 Å². The summed E-state index contributed by atoms with van der Waals surface area (Å²) < 4.78 is 23.5. The van der Waals surface area contributed by atoms with Crippen molar-refractivity contribution in [3.8, 4) is 0 Å². The van der Waals surface area contributed by atoms with Gasteiger partial charge in [0.2, 0.25) is 0 Å². The number of oxime groups is 1. The number of nitrogens with zero attached hydrogens (tertiary/aromatic N) is 2. The van der Waals surface area contributed by atoms with E-state index in [1.807, 2.05) is 0 Å². The molecule has 1 aromatic rings. The highest BCUT2D eigenvalue weighted by Crippen LogP contribution is 2.16. The molecule has 0 amide bonds. The first kappa shape index (κ1) is 15.1. The molecule has 0 aliphatic heterocycles. The van der Waals surface area contributed by atoms with E-state index in [1.165, 1.54) is 38.1 Å². The number of rotatable bonds is 5. The molecule has 19 heavy (non-hydrogen) atoms. The Hall–Kier alpha value is -1.96. The summed E-state index contributed by atoms with van der Waals surface area (Å²) in [4.78, 5) is 9.96. The second-order valence-electron chi connectivity index (χ2n) is 3.88. The Morgan fingerprint density at radius 1 is 1.42 bits per heavy atom. The van der Waals surface area contributed by atoms with E-state index < -0.39 is 20.0 Å². The van der Waals surface area contributed by atoms with Crippen LogP contribution in [0.25, 0.3) is 0 Å². The van der Waals surface area contributed by atoms with Crippen molar-refractivity contribution in [1.82, 2.24) is 0 Å². The van der Waals surface area contributed by atoms with Gasteiger partial charge in [0.25, 0.3) is 5.69 Å². The van der Waals surface area contributed by atoms with Crippen molar-refractivity contribution in [2.75, 3.05) is 5.75 Å². The van der Waals surface area contributed by atoms with Crippen LogP contribution in [0.15, 0.2) is 29.4 Å². The molecular weight excluding hydrogens is 272 g/mol. The van der Waals surface area contributed by atoms with Crippen molar-refractivity contribution in [2.45, 2.75) is 19.1 Å². The summed E-state index contributed by atoms with van der Waals surface area (Å²) in [6.07, 6.45) is 0. The first-order chi connectivity index (χ1) is 8.83. The quantitative estimate of drug-likeness (QED) is 0.382. The zero-order chi connectivity index (χ0) is 14.6. The van der Waals surface area contributed by atoms with E-state index in [9.17, 15) is 18.5 Å². The van der Waals surface area contributed by atoms with Crippen LogP contribution in [0.3, 0.4) is 0 Å². The summed E-state index contributed by atoms with van der Waals surface area (Å²) in [7, 11) is -3.41. The first-order valence-corrected chi connectivity index (χ1v) is 7.23. The molecule has 0 bridgehead atoms. The molecule has 1 aromatic carbocycles. The number of sulfone groups is 1. The maximum Gasteiger partial charge on any atom is 0.269 e. The maximum atomic E-state index is 11.7. The number of hydrogen-bond acceptors (Lipinski definition) is 6. The second kappa shape index (κ2) is 5.79. The molecule has 1 rings (SSSR count). The van der Waals surface area contributed by atoms with Crippen molar-refractivity contribution in [2.24, 2.45) is 5.16 Å². The van der Waals surface area contributed by atoms with Crippen molar-refractivity contribution in [3.05, 3.63) is 39.9 Å². The molecule has 0 heterocycles. The van der Waals surface area contributed by atoms with Crippen molar-refractivity contribution < 1.29 is 18.5 Å². The van der Waals surface area contributed by atoms with Crippen molar-refractivity contribution in [1.29, 1.82) is 0 Å². The van der Waals surface area contributed by atoms with Crippen LogP contribution in [0.4, 0.5) is 5.69 Å². The lowest BCUT2D eigenvalue weighted by Gasteiger charge is -2.13. The van der Waals surface area contributed by atoms with Gasteiger partial charge in [-0.3, -0.25) is 10.1 Å². The summed E-state index contributed by atoms with van der Waals surface area (Å²) in [6, 6.07) is 5.17. The lowest BCUT2D eigenvalue weighted by Crippen LogP contribution is -2.29. The normalized spacial score (nSPS) is 14.1. The molecular formula is C11H14N2O5S. The molecule has 7 nitrogen and oxygen atoms in total. The zero-order valence-electron chi connectivity index (χ0n) is 10.5. The van der Waals surface area contributed by atoms with Crippen LogP contribution in [-0.4, -0.2) is 35.3 Å². The Morgan fingerprint density at radius 2 is 1.95 bits per heavy atom. The Bertz CT molecular complexity index is 592. The van der Waals surface area contributed by atoms with Crippen LogP contribution in [0.2, 0.25) is 0 Å². The average molecular weight is 286 g/mol. The molecule has 8 heteroatoms. The fraction of sp³-hybridized carbons (Fsp3) is 0.364. The minimum Gasteiger partial charge on any atom is -0.411 e. The van der Waals surface area contributed by atoms with E-state index in [1.54, 1.807) is 0 Å². The Morgan fingerprint density at radius 3 is 2.32 bits per heavy atom. The van der Waals surface area contributed by atoms with Crippen LogP contribution >= 0.6 is 0 Å². The highest BCUT2D eigenvalue weighted by molar-refractivity contribution is 7.92. The van der Waals surface area contributed by atoms with Gasteiger partial charge in [-0.1, -0.05) is 12.1 Å².